The predicted molar refractivity (Wildman–Crippen MR) is 72.8 cm³/mol. The molecule has 0 amide bonds. The molecule has 2 rings (SSSR count). The van der Waals surface area contributed by atoms with E-state index in [0.717, 1.165) is 12.5 Å². The van der Waals surface area contributed by atoms with Crippen LogP contribution in [-0.2, 0) is 0 Å². The van der Waals surface area contributed by atoms with Gasteiger partial charge in [0.2, 0.25) is 0 Å². The molecule has 2 aliphatic rings. The van der Waals surface area contributed by atoms with Crippen LogP contribution >= 0.6 is 0 Å². The first kappa shape index (κ1) is 12.9. The number of hydrogen-bond acceptors (Lipinski definition) is 2. The lowest BCUT2D eigenvalue weighted by Gasteiger charge is -2.54. The summed E-state index contributed by atoms with van der Waals surface area (Å²) in [7, 11) is 0. The quantitative estimate of drug-likeness (QED) is 0.690. The summed E-state index contributed by atoms with van der Waals surface area (Å²) in [4.78, 5) is 5.14. The van der Waals surface area contributed by atoms with Gasteiger partial charge in [-0.1, -0.05) is 19.8 Å². The molecule has 96 valence electrons. The monoisotopic (exact) mass is 234 g/mol. The molecule has 2 heterocycles. The van der Waals surface area contributed by atoms with Crippen LogP contribution in [0.25, 0.3) is 0 Å². The second-order valence-electron chi connectivity index (χ2n) is 6.27. The molecular weight excluding hydrogens is 208 g/mol. The summed E-state index contributed by atoms with van der Waals surface area (Å²) in [5.41, 5.74) is 0.672. The molecule has 0 aromatic heterocycles. The van der Waals surface area contributed by atoms with Crippen LogP contribution in [0.3, 0.4) is 0 Å². The summed E-state index contributed by atoms with van der Waals surface area (Å²) in [6, 6.07) is 0. The molecule has 17 heavy (non-hydrogen) atoms. The van der Waals surface area contributed by atoms with Crippen LogP contribution in [-0.4, -0.2) is 49.1 Å². The van der Waals surface area contributed by atoms with Crippen molar-refractivity contribution in [3.63, 3.8) is 0 Å². The molecule has 1 spiro atoms. The van der Waals surface area contributed by atoms with Gasteiger partial charge >= 0.3 is 0 Å². The van der Waals surface area contributed by atoms with Gasteiger partial charge < -0.3 is 4.90 Å². The van der Waals surface area contributed by atoms with Gasteiger partial charge in [-0.05, 0) is 44.2 Å². The number of likely N-dealkylation sites (tertiary alicyclic amines) is 2. The van der Waals surface area contributed by atoms with Gasteiger partial charge in [0.15, 0.2) is 0 Å². The highest BCUT2D eigenvalue weighted by atomic mass is 15.2. The first-order valence-corrected chi connectivity index (χ1v) is 6.98. The lowest BCUT2D eigenvalue weighted by molar-refractivity contribution is -0.0492. The summed E-state index contributed by atoms with van der Waals surface area (Å²) in [5, 5.41) is 0. The van der Waals surface area contributed by atoms with Crippen molar-refractivity contribution in [1.29, 1.82) is 0 Å². The largest absolute Gasteiger partial charge is 0.302 e. The van der Waals surface area contributed by atoms with Crippen LogP contribution in [0.15, 0.2) is 0 Å². The van der Waals surface area contributed by atoms with Crippen molar-refractivity contribution >= 4 is 0 Å². The van der Waals surface area contributed by atoms with Crippen LogP contribution in [0, 0.1) is 23.2 Å². The van der Waals surface area contributed by atoms with Crippen LogP contribution in [0.5, 0.6) is 0 Å². The molecule has 0 unspecified atom stereocenters. The molecule has 0 atom stereocenters. The Morgan fingerprint density at radius 1 is 1.12 bits per heavy atom. The molecule has 0 N–H and O–H groups in total. The van der Waals surface area contributed by atoms with Gasteiger partial charge in [-0.3, -0.25) is 4.90 Å². The van der Waals surface area contributed by atoms with Gasteiger partial charge in [-0.15, -0.1) is 5.92 Å². The van der Waals surface area contributed by atoms with E-state index in [1.54, 1.807) is 0 Å². The molecule has 2 aliphatic heterocycles. The SMILES string of the molecule is CC#CCN1CCC2(CC1)CN(CC(C)C)C2. The standard InChI is InChI=1S/C15H26N2/c1-4-5-8-16-9-6-15(7-10-16)12-17(13-15)11-14(2)3/h14H,6-13H2,1-3H3. The smallest absolute Gasteiger partial charge is 0.0601 e. The number of nitrogens with zero attached hydrogens (tertiary/aromatic N) is 2. The lowest BCUT2D eigenvalue weighted by Crippen LogP contribution is -2.60. The van der Waals surface area contributed by atoms with Gasteiger partial charge in [0.1, 0.15) is 0 Å². The lowest BCUT2D eigenvalue weighted by atomic mass is 9.72. The molecule has 0 bridgehead atoms. The molecule has 0 aromatic carbocycles. The van der Waals surface area contributed by atoms with Crippen LogP contribution in [0.2, 0.25) is 0 Å². The Kier molecular flexibility index (Phi) is 4.12. The van der Waals surface area contributed by atoms with Crippen LogP contribution in [0.4, 0.5) is 0 Å². The fourth-order valence-corrected chi connectivity index (χ4v) is 3.24. The zero-order valence-electron chi connectivity index (χ0n) is 11.6. The van der Waals surface area contributed by atoms with Gasteiger partial charge in [-0.25, -0.2) is 0 Å². The summed E-state index contributed by atoms with van der Waals surface area (Å²) in [5.74, 6) is 6.99. The van der Waals surface area contributed by atoms with E-state index in [2.05, 4.69) is 35.5 Å². The first-order chi connectivity index (χ1) is 8.13. The average Bonchev–Trinajstić information content (AvgIpc) is 2.25. The van der Waals surface area contributed by atoms with E-state index in [9.17, 15) is 0 Å². The van der Waals surface area contributed by atoms with E-state index < -0.39 is 0 Å². The first-order valence-electron chi connectivity index (χ1n) is 6.98. The zero-order valence-corrected chi connectivity index (χ0v) is 11.6. The topological polar surface area (TPSA) is 6.48 Å². The van der Waals surface area contributed by atoms with Gasteiger partial charge in [0.25, 0.3) is 0 Å². The maximum absolute atomic E-state index is 3.18. The number of piperidine rings is 1. The van der Waals surface area contributed by atoms with Crippen molar-refractivity contribution in [1.82, 2.24) is 9.80 Å². The average molecular weight is 234 g/mol. The van der Waals surface area contributed by atoms with E-state index >= 15 is 0 Å². The van der Waals surface area contributed by atoms with E-state index in [4.69, 9.17) is 0 Å². The molecule has 0 saturated carbocycles. The Balaban J connectivity index is 1.71. The molecule has 0 aliphatic carbocycles. The molecule has 2 nitrogen and oxygen atoms in total. The predicted octanol–water partition coefficient (Wildman–Crippen LogP) is 2.06. The minimum absolute atomic E-state index is 0.672. The van der Waals surface area contributed by atoms with E-state index in [0.29, 0.717) is 5.41 Å². The highest BCUT2D eigenvalue weighted by Gasteiger charge is 2.44. The Bertz CT molecular complexity index is 295. The highest BCUT2D eigenvalue weighted by molar-refractivity contribution is 5.02. The maximum atomic E-state index is 3.18. The van der Waals surface area contributed by atoms with E-state index in [1.165, 1.54) is 45.6 Å². The van der Waals surface area contributed by atoms with Crippen molar-refractivity contribution in [2.75, 3.05) is 39.3 Å². The Hall–Kier alpha value is -0.520. The Morgan fingerprint density at radius 3 is 2.29 bits per heavy atom. The summed E-state index contributed by atoms with van der Waals surface area (Å²) in [6.07, 6.45) is 2.76. The van der Waals surface area contributed by atoms with Crippen molar-refractivity contribution in [2.24, 2.45) is 11.3 Å². The summed E-state index contributed by atoms with van der Waals surface area (Å²) < 4.78 is 0. The number of hydrogen-bond donors (Lipinski definition) is 0. The zero-order chi connectivity index (χ0) is 12.3. The van der Waals surface area contributed by atoms with E-state index in [1.807, 2.05) is 6.92 Å². The fourth-order valence-electron chi connectivity index (χ4n) is 3.24. The number of rotatable bonds is 3. The maximum Gasteiger partial charge on any atom is 0.0601 e. The van der Waals surface area contributed by atoms with E-state index in [-0.39, 0.29) is 0 Å². The second kappa shape index (κ2) is 5.42. The minimum Gasteiger partial charge on any atom is -0.302 e. The second-order valence-corrected chi connectivity index (χ2v) is 6.27. The van der Waals surface area contributed by atoms with Gasteiger partial charge in [-0.2, -0.15) is 0 Å². The molecule has 0 aromatic rings. The molecule has 2 saturated heterocycles. The van der Waals surface area contributed by atoms with Gasteiger partial charge in [0, 0.05) is 19.6 Å². The minimum atomic E-state index is 0.672. The molecule has 2 fully saturated rings. The summed E-state index contributed by atoms with van der Waals surface area (Å²) in [6.45, 7) is 14.0. The molecular formula is C15H26N2. The third-order valence-electron chi connectivity index (χ3n) is 4.14. The highest BCUT2D eigenvalue weighted by Crippen LogP contribution is 2.40. The Morgan fingerprint density at radius 2 is 1.76 bits per heavy atom. The van der Waals surface area contributed by atoms with Crippen LogP contribution < -0.4 is 0 Å². The normalized spacial score (nSPS) is 24.5. The molecule has 2 heteroatoms. The van der Waals surface area contributed by atoms with Crippen molar-refractivity contribution in [3.05, 3.63) is 0 Å². The van der Waals surface area contributed by atoms with Gasteiger partial charge in [0.05, 0.1) is 6.54 Å². The summed E-state index contributed by atoms with van der Waals surface area (Å²) >= 11 is 0. The Labute approximate surface area is 106 Å². The van der Waals surface area contributed by atoms with Crippen molar-refractivity contribution in [2.45, 2.75) is 33.6 Å². The third-order valence-corrected chi connectivity index (χ3v) is 4.14. The third kappa shape index (κ3) is 3.24. The molecule has 0 radical (unpaired) electrons. The van der Waals surface area contributed by atoms with Crippen molar-refractivity contribution < 1.29 is 0 Å². The fraction of sp³-hybridized carbons (Fsp3) is 0.867. The van der Waals surface area contributed by atoms with Crippen molar-refractivity contribution in [3.8, 4) is 11.8 Å². The van der Waals surface area contributed by atoms with Crippen LogP contribution in [0.1, 0.15) is 33.6 Å².